The molecule has 14 heavy (non-hydrogen) atoms. The summed E-state index contributed by atoms with van der Waals surface area (Å²) in [6, 6.07) is 6.25. The summed E-state index contributed by atoms with van der Waals surface area (Å²) in [4.78, 5) is 10.1. The molecule has 1 aromatic rings. The standard InChI is InChI=1S/C10H12N2O2/c1-3-10(2,11)8-5-4-6-9(7-8)12(13)14/h3-7H,1,11H2,2H3/t10-/m1/s1. The summed E-state index contributed by atoms with van der Waals surface area (Å²) in [5.74, 6) is 0. The smallest absolute Gasteiger partial charge is 0.269 e. The van der Waals surface area contributed by atoms with E-state index in [1.165, 1.54) is 12.1 Å². The Bertz CT molecular complexity index is 372. The Morgan fingerprint density at radius 2 is 2.29 bits per heavy atom. The molecular weight excluding hydrogens is 180 g/mol. The first-order chi connectivity index (χ1) is 6.47. The molecular formula is C10H12N2O2. The zero-order valence-corrected chi connectivity index (χ0v) is 7.93. The Kier molecular flexibility index (Phi) is 2.67. The van der Waals surface area contributed by atoms with E-state index in [0.717, 1.165) is 0 Å². The van der Waals surface area contributed by atoms with E-state index in [9.17, 15) is 10.1 Å². The highest BCUT2D eigenvalue weighted by Gasteiger charge is 2.18. The minimum absolute atomic E-state index is 0.0426. The van der Waals surface area contributed by atoms with Gasteiger partial charge >= 0.3 is 0 Å². The summed E-state index contributed by atoms with van der Waals surface area (Å²) in [7, 11) is 0. The van der Waals surface area contributed by atoms with Crippen LogP contribution >= 0.6 is 0 Å². The lowest BCUT2D eigenvalue weighted by Gasteiger charge is -2.19. The second-order valence-electron chi connectivity index (χ2n) is 3.29. The van der Waals surface area contributed by atoms with Crippen LogP contribution in [0.1, 0.15) is 12.5 Å². The van der Waals surface area contributed by atoms with Crippen LogP contribution in [0.15, 0.2) is 36.9 Å². The summed E-state index contributed by atoms with van der Waals surface area (Å²) in [5, 5.41) is 10.5. The maximum absolute atomic E-state index is 10.5. The molecule has 0 fully saturated rings. The number of nitrogens with zero attached hydrogens (tertiary/aromatic N) is 1. The third-order valence-electron chi connectivity index (χ3n) is 2.10. The average molecular weight is 192 g/mol. The highest BCUT2D eigenvalue weighted by Crippen LogP contribution is 2.22. The molecule has 1 rings (SSSR count). The van der Waals surface area contributed by atoms with Crippen molar-refractivity contribution in [2.24, 2.45) is 5.73 Å². The number of rotatable bonds is 3. The molecule has 0 saturated carbocycles. The van der Waals surface area contributed by atoms with E-state index < -0.39 is 10.5 Å². The SMILES string of the molecule is C=C[C@@](C)(N)c1cccc([N+](=O)[O-])c1. The van der Waals surface area contributed by atoms with Crippen LogP contribution in [0.3, 0.4) is 0 Å². The Labute approximate surface area is 82.2 Å². The van der Waals surface area contributed by atoms with E-state index in [0.29, 0.717) is 5.56 Å². The van der Waals surface area contributed by atoms with Crippen molar-refractivity contribution in [1.29, 1.82) is 0 Å². The third kappa shape index (κ3) is 1.97. The van der Waals surface area contributed by atoms with Crippen molar-refractivity contribution >= 4 is 5.69 Å². The molecule has 0 aliphatic carbocycles. The van der Waals surface area contributed by atoms with Gasteiger partial charge in [0.05, 0.1) is 10.5 Å². The van der Waals surface area contributed by atoms with E-state index in [4.69, 9.17) is 5.73 Å². The van der Waals surface area contributed by atoms with Gasteiger partial charge in [0, 0.05) is 12.1 Å². The molecule has 2 N–H and O–H groups in total. The van der Waals surface area contributed by atoms with E-state index in [2.05, 4.69) is 6.58 Å². The van der Waals surface area contributed by atoms with Gasteiger partial charge in [0.25, 0.3) is 5.69 Å². The Balaban J connectivity index is 3.18. The molecule has 0 saturated heterocycles. The van der Waals surface area contributed by atoms with Crippen molar-refractivity contribution in [3.63, 3.8) is 0 Å². The van der Waals surface area contributed by atoms with Crippen molar-refractivity contribution in [2.75, 3.05) is 0 Å². The van der Waals surface area contributed by atoms with Gasteiger partial charge in [-0.15, -0.1) is 6.58 Å². The molecule has 0 aliphatic heterocycles. The topological polar surface area (TPSA) is 69.2 Å². The van der Waals surface area contributed by atoms with Crippen LogP contribution in [0.25, 0.3) is 0 Å². The van der Waals surface area contributed by atoms with Crippen LogP contribution in [-0.2, 0) is 5.54 Å². The number of nitro groups is 1. The molecule has 0 spiro atoms. The quantitative estimate of drug-likeness (QED) is 0.452. The third-order valence-corrected chi connectivity index (χ3v) is 2.10. The lowest BCUT2D eigenvalue weighted by Crippen LogP contribution is -2.29. The number of hydrogen-bond acceptors (Lipinski definition) is 3. The molecule has 4 nitrogen and oxygen atoms in total. The van der Waals surface area contributed by atoms with Crippen molar-refractivity contribution in [3.05, 3.63) is 52.6 Å². The summed E-state index contributed by atoms with van der Waals surface area (Å²) >= 11 is 0. The van der Waals surface area contributed by atoms with Crippen molar-refractivity contribution in [1.82, 2.24) is 0 Å². The minimum Gasteiger partial charge on any atom is -0.318 e. The van der Waals surface area contributed by atoms with Crippen molar-refractivity contribution in [3.8, 4) is 0 Å². The summed E-state index contributed by atoms with van der Waals surface area (Å²) < 4.78 is 0. The highest BCUT2D eigenvalue weighted by molar-refractivity contribution is 5.39. The van der Waals surface area contributed by atoms with E-state index in [1.807, 2.05) is 0 Å². The van der Waals surface area contributed by atoms with Crippen molar-refractivity contribution < 1.29 is 4.92 Å². The zero-order chi connectivity index (χ0) is 10.8. The van der Waals surface area contributed by atoms with Crippen LogP contribution in [-0.4, -0.2) is 4.92 Å². The highest BCUT2D eigenvalue weighted by atomic mass is 16.6. The van der Waals surface area contributed by atoms with Gasteiger partial charge in [-0.3, -0.25) is 10.1 Å². The first-order valence-electron chi connectivity index (χ1n) is 4.15. The van der Waals surface area contributed by atoms with Gasteiger partial charge in [0.1, 0.15) is 0 Å². The van der Waals surface area contributed by atoms with Crippen LogP contribution in [0.4, 0.5) is 5.69 Å². The summed E-state index contributed by atoms with van der Waals surface area (Å²) in [5.41, 5.74) is 5.86. The fraction of sp³-hybridized carbons (Fsp3) is 0.200. The molecule has 0 unspecified atom stereocenters. The Morgan fingerprint density at radius 1 is 1.64 bits per heavy atom. The average Bonchev–Trinajstić information content (AvgIpc) is 2.18. The Hall–Kier alpha value is -1.68. The van der Waals surface area contributed by atoms with Gasteiger partial charge in [-0.05, 0) is 12.5 Å². The normalized spacial score (nSPS) is 14.4. The molecule has 74 valence electrons. The number of hydrogen-bond donors (Lipinski definition) is 1. The predicted molar refractivity (Wildman–Crippen MR) is 54.8 cm³/mol. The molecule has 0 heterocycles. The fourth-order valence-corrected chi connectivity index (χ4v) is 1.07. The van der Waals surface area contributed by atoms with E-state index in [1.54, 1.807) is 25.1 Å². The van der Waals surface area contributed by atoms with Gasteiger partial charge in [-0.25, -0.2) is 0 Å². The van der Waals surface area contributed by atoms with Gasteiger partial charge in [-0.2, -0.15) is 0 Å². The number of non-ortho nitro benzene ring substituents is 1. The van der Waals surface area contributed by atoms with E-state index >= 15 is 0 Å². The Morgan fingerprint density at radius 3 is 2.79 bits per heavy atom. The lowest BCUT2D eigenvalue weighted by molar-refractivity contribution is -0.384. The van der Waals surface area contributed by atoms with Gasteiger partial charge < -0.3 is 5.73 Å². The largest absolute Gasteiger partial charge is 0.318 e. The van der Waals surface area contributed by atoms with Crippen LogP contribution < -0.4 is 5.73 Å². The maximum atomic E-state index is 10.5. The molecule has 0 amide bonds. The van der Waals surface area contributed by atoms with Crippen LogP contribution in [0.2, 0.25) is 0 Å². The van der Waals surface area contributed by atoms with Crippen molar-refractivity contribution in [2.45, 2.75) is 12.5 Å². The molecule has 0 aromatic heterocycles. The first-order valence-corrected chi connectivity index (χ1v) is 4.15. The maximum Gasteiger partial charge on any atom is 0.269 e. The van der Waals surface area contributed by atoms with Gasteiger partial charge in [-0.1, -0.05) is 18.2 Å². The molecule has 1 atom stereocenters. The predicted octanol–water partition coefficient (Wildman–Crippen LogP) is 1.95. The molecule has 4 heteroatoms. The second kappa shape index (κ2) is 3.59. The molecule has 0 bridgehead atoms. The molecule has 0 aliphatic rings. The lowest BCUT2D eigenvalue weighted by atomic mass is 9.93. The molecule has 0 radical (unpaired) electrons. The first kappa shape index (κ1) is 10.4. The van der Waals surface area contributed by atoms with Gasteiger partial charge in [0.2, 0.25) is 0 Å². The summed E-state index contributed by atoms with van der Waals surface area (Å²) in [6.07, 6.45) is 1.56. The second-order valence-corrected chi connectivity index (χ2v) is 3.29. The van der Waals surface area contributed by atoms with Gasteiger partial charge in [0.15, 0.2) is 0 Å². The van der Waals surface area contributed by atoms with E-state index in [-0.39, 0.29) is 5.69 Å². The fourth-order valence-electron chi connectivity index (χ4n) is 1.07. The zero-order valence-electron chi connectivity index (χ0n) is 7.93. The van der Waals surface area contributed by atoms with Crippen LogP contribution in [0, 0.1) is 10.1 Å². The number of nitro benzene ring substituents is 1. The number of benzene rings is 1. The monoisotopic (exact) mass is 192 g/mol. The van der Waals surface area contributed by atoms with Crippen LogP contribution in [0.5, 0.6) is 0 Å². The summed E-state index contributed by atoms with van der Waals surface area (Å²) in [6.45, 7) is 5.34. The minimum atomic E-state index is -0.730. The number of nitrogens with two attached hydrogens (primary N) is 1. The molecule has 1 aromatic carbocycles.